The number of halogens is 3. The van der Waals surface area contributed by atoms with Crippen LogP contribution in [0.1, 0.15) is 18.1 Å². The highest BCUT2D eigenvalue weighted by molar-refractivity contribution is 5.55. The molecule has 1 heterocycles. The molecule has 1 aliphatic heterocycles. The number of alkyl halides is 3. The molecule has 1 aromatic carbocycles. The fourth-order valence-electron chi connectivity index (χ4n) is 1.83. The number of nitrogens with one attached hydrogen (secondary N) is 1. The molecular weight excluding hydrogens is 203 g/mol. The Labute approximate surface area is 86.3 Å². The molecular formula is C11H12F3N. The molecule has 1 aromatic rings. The maximum Gasteiger partial charge on any atom is 0.416 e. The first-order chi connectivity index (χ1) is 6.97. The molecule has 0 fully saturated rings. The van der Waals surface area contributed by atoms with Crippen LogP contribution in [0.3, 0.4) is 0 Å². The second-order valence-electron chi connectivity index (χ2n) is 4.06. The Morgan fingerprint density at radius 1 is 1.33 bits per heavy atom. The van der Waals surface area contributed by atoms with Crippen LogP contribution in [0.15, 0.2) is 18.2 Å². The molecule has 15 heavy (non-hydrogen) atoms. The third-order valence-corrected chi connectivity index (χ3v) is 2.65. The maximum atomic E-state index is 12.4. The van der Waals surface area contributed by atoms with E-state index in [9.17, 15) is 13.2 Å². The summed E-state index contributed by atoms with van der Waals surface area (Å²) >= 11 is 0. The summed E-state index contributed by atoms with van der Waals surface area (Å²) in [7, 11) is 0. The zero-order chi connectivity index (χ0) is 11.1. The van der Waals surface area contributed by atoms with Crippen LogP contribution in [0.25, 0.3) is 0 Å². The summed E-state index contributed by atoms with van der Waals surface area (Å²) in [6.45, 7) is 2.82. The van der Waals surface area contributed by atoms with E-state index in [-0.39, 0.29) is 0 Å². The third-order valence-electron chi connectivity index (χ3n) is 2.65. The Morgan fingerprint density at radius 2 is 2.07 bits per heavy atom. The van der Waals surface area contributed by atoms with Crippen molar-refractivity contribution in [1.82, 2.24) is 0 Å². The molecule has 0 bridgehead atoms. The van der Waals surface area contributed by atoms with Gasteiger partial charge in [-0.2, -0.15) is 13.2 Å². The lowest BCUT2D eigenvalue weighted by molar-refractivity contribution is -0.137. The minimum Gasteiger partial charge on any atom is -0.385 e. The molecule has 0 aromatic heterocycles. The van der Waals surface area contributed by atoms with Crippen LogP contribution in [0.5, 0.6) is 0 Å². The molecule has 1 N–H and O–H groups in total. The minimum absolute atomic E-state index is 0.481. The highest BCUT2D eigenvalue weighted by Crippen LogP contribution is 2.34. The highest BCUT2D eigenvalue weighted by atomic mass is 19.4. The molecule has 4 heteroatoms. The molecule has 0 amide bonds. The summed E-state index contributed by atoms with van der Waals surface area (Å²) in [5.41, 5.74) is 1.02. The number of hydrogen-bond donors (Lipinski definition) is 1. The molecule has 1 atom stereocenters. The Balaban J connectivity index is 2.35. The molecule has 1 unspecified atom stereocenters. The van der Waals surface area contributed by atoms with Gasteiger partial charge in [0.2, 0.25) is 0 Å². The van der Waals surface area contributed by atoms with Crippen molar-refractivity contribution in [2.75, 3.05) is 11.9 Å². The normalized spacial score (nSPS) is 20.7. The number of hydrogen-bond acceptors (Lipinski definition) is 1. The first-order valence-electron chi connectivity index (χ1n) is 4.91. The third kappa shape index (κ3) is 2.08. The summed E-state index contributed by atoms with van der Waals surface area (Å²) in [5, 5.41) is 3.02. The van der Waals surface area contributed by atoms with Gasteiger partial charge in [-0.15, -0.1) is 0 Å². The molecule has 0 spiro atoms. The van der Waals surface area contributed by atoms with Gasteiger partial charge in [0, 0.05) is 12.2 Å². The van der Waals surface area contributed by atoms with Gasteiger partial charge in [0.15, 0.2) is 0 Å². The van der Waals surface area contributed by atoms with E-state index in [0.717, 1.165) is 24.6 Å². The molecule has 2 rings (SSSR count). The number of fused-ring (bicyclic) bond motifs is 1. The fourth-order valence-corrected chi connectivity index (χ4v) is 1.83. The van der Waals surface area contributed by atoms with E-state index in [2.05, 4.69) is 12.2 Å². The van der Waals surface area contributed by atoms with Crippen LogP contribution in [0.2, 0.25) is 0 Å². The van der Waals surface area contributed by atoms with Gasteiger partial charge in [-0.1, -0.05) is 13.0 Å². The van der Waals surface area contributed by atoms with Crippen LogP contribution in [0, 0.1) is 5.92 Å². The highest BCUT2D eigenvalue weighted by Gasteiger charge is 2.31. The monoisotopic (exact) mass is 215 g/mol. The van der Waals surface area contributed by atoms with E-state index in [1.54, 1.807) is 6.07 Å². The molecule has 0 radical (unpaired) electrons. The van der Waals surface area contributed by atoms with Gasteiger partial charge in [-0.05, 0) is 30.0 Å². The van der Waals surface area contributed by atoms with Crippen molar-refractivity contribution in [2.24, 2.45) is 5.92 Å². The van der Waals surface area contributed by atoms with Crippen molar-refractivity contribution < 1.29 is 13.2 Å². The fraction of sp³-hybridized carbons (Fsp3) is 0.455. The summed E-state index contributed by atoms with van der Waals surface area (Å²) < 4.78 is 37.2. The largest absolute Gasteiger partial charge is 0.416 e. The maximum absolute atomic E-state index is 12.4. The lowest BCUT2D eigenvalue weighted by atomic mass is 9.94. The molecule has 0 saturated carbocycles. The Kier molecular flexibility index (Phi) is 2.37. The van der Waals surface area contributed by atoms with Crippen molar-refractivity contribution in [3.8, 4) is 0 Å². The van der Waals surface area contributed by atoms with Gasteiger partial charge in [0.1, 0.15) is 0 Å². The SMILES string of the molecule is CC1CNc2cc(C(F)(F)F)ccc2C1. The lowest BCUT2D eigenvalue weighted by Gasteiger charge is -2.24. The average molecular weight is 215 g/mol. The molecule has 82 valence electrons. The minimum atomic E-state index is -4.25. The van der Waals surface area contributed by atoms with Crippen LogP contribution in [-0.2, 0) is 12.6 Å². The van der Waals surface area contributed by atoms with Crippen molar-refractivity contribution in [3.63, 3.8) is 0 Å². The summed E-state index contributed by atoms with van der Waals surface area (Å²) in [5.74, 6) is 0.481. The number of anilines is 1. The summed E-state index contributed by atoms with van der Waals surface area (Å²) in [6.07, 6.45) is -3.40. The van der Waals surface area contributed by atoms with Crippen molar-refractivity contribution in [1.29, 1.82) is 0 Å². The second kappa shape index (κ2) is 3.43. The van der Waals surface area contributed by atoms with Crippen molar-refractivity contribution >= 4 is 5.69 Å². The first kappa shape index (κ1) is 10.3. The predicted octanol–water partition coefficient (Wildman–Crippen LogP) is 3.31. The predicted molar refractivity (Wildman–Crippen MR) is 52.8 cm³/mol. The molecule has 0 saturated heterocycles. The zero-order valence-corrected chi connectivity index (χ0v) is 8.36. The van der Waals surface area contributed by atoms with Gasteiger partial charge >= 0.3 is 6.18 Å². The van der Waals surface area contributed by atoms with Crippen LogP contribution >= 0.6 is 0 Å². The van der Waals surface area contributed by atoms with Gasteiger partial charge in [0.05, 0.1) is 5.56 Å². The van der Waals surface area contributed by atoms with E-state index < -0.39 is 11.7 Å². The Morgan fingerprint density at radius 3 is 2.73 bits per heavy atom. The van der Waals surface area contributed by atoms with E-state index in [4.69, 9.17) is 0 Å². The van der Waals surface area contributed by atoms with Crippen LogP contribution in [0.4, 0.5) is 18.9 Å². The Bertz CT molecular complexity index is 371. The van der Waals surface area contributed by atoms with E-state index in [1.165, 1.54) is 6.07 Å². The molecule has 1 nitrogen and oxygen atoms in total. The average Bonchev–Trinajstić information content (AvgIpc) is 2.15. The van der Waals surface area contributed by atoms with E-state index >= 15 is 0 Å². The van der Waals surface area contributed by atoms with Crippen LogP contribution < -0.4 is 5.32 Å². The summed E-state index contributed by atoms with van der Waals surface area (Å²) in [4.78, 5) is 0. The van der Waals surface area contributed by atoms with Gasteiger partial charge in [0.25, 0.3) is 0 Å². The van der Waals surface area contributed by atoms with Gasteiger partial charge in [-0.25, -0.2) is 0 Å². The first-order valence-corrected chi connectivity index (χ1v) is 4.91. The smallest absolute Gasteiger partial charge is 0.385 e. The zero-order valence-electron chi connectivity index (χ0n) is 8.36. The summed E-state index contributed by atoms with van der Waals surface area (Å²) in [6, 6.07) is 3.92. The molecule has 0 aliphatic carbocycles. The van der Waals surface area contributed by atoms with Crippen molar-refractivity contribution in [3.05, 3.63) is 29.3 Å². The second-order valence-corrected chi connectivity index (χ2v) is 4.06. The lowest BCUT2D eigenvalue weighted by Crippen LogP contribution is -2.21. The van der Waals surface area contributed by atoms with Crippen molar-refractivity contribution in [2.45, 2.75) is 19.5 Å². The quantitative estimate of drug-likeness (QED) is 0.700. The van der Waals surface area contributed by atoms with Gasteiger partial charge in [-0.3, -0.25) is 0 Å². The van der Waals surface area contributed by atoms with E-state index in [0.29, 0.717) is 11.6 Å². The standard InChI is InChI=1S/C11H12F3N/c1-7-4-8-2-3-9(11(12,13)14)5-10(8)15-6-7/h2-3,5,7,15H,4,6H2,1H3. The van der Waals surface area contributed by atoms with Gasteiger partial charge < -0.3 is 5.32 Å². The Hall–Kier alpha value is -1.19. The topological polar surface area (TPSA) is 12.0 Å². The van der Waals surface area contributed by atoms with Crippen LogP contribution in [-0.4, -0.2) is 6.54 Å². The molecule has 1 aliphatic rings. The number of benzene rings is 1. The number of rotatable bonds is 0. The van der Waals surface area contributed by atoms with E-state index in [1.807, 2.05) is 0 Å².